The molecule has 0 spiro atoms. The summed E-state index contributed by atoms with van der Waals surface area (Å²) < 4.78 is 0. The number of hydrogen-bond donors (Lipinski definition) is 1. The average molecular weight is 231 g/mol. The molecule has 17 heavy (non-hydrogen) atoms. The Morgan fingerprint density at radius 2 is 2.12 bits per heavy atom. The zero-order valence-electron chi connectivity index (χ0n) is 10.2. The van der Waals surface area contributed by atoms with Crippen molar-refractivity contribution in [3.05, 3.63) is 29.8 Å². The van der Waals surface area contributed by atoms with Crippen LogP contribution >= 0.6 is 0 Å². The molecule has 1 aromatic rings. The molecular weight excluding hydrogens is 214 g/mol. The number of carbonyl (C=O) groups excluding carboxylic acids is 1. The summed E-state index contributed by atoms with van der Waals surface area (Å²) in [6.07, 6.45) is 0. The first-order chi connectivity index (χ1) is 8.22. The minimum Gasteiger partial charge on any atom is -0.361 e. The fourth-order valence-electron chi connectivity index (χ4n) is 1.64. The van der Waals surface area contributed by atoms with Gasteiger partial charge in [-0.1, -0.05) is 12.1 Å². The van der Waals surface area contributed by atoms with E-state index in [1.54, 1.807) is 6.07 Å². The zero-order chi connectivity index (χ0) is 12.7. The van der Waals surface area contributed by atoms with Gasteiger partial charge in [-0.05, 0) is 26.0 Å². The highest BCUT2D eigenvalue weighted by Gasteiger charge is 2.12. The third-order valence-corrected chi connectivity index (χ3v) is 2.46. The van der Waals surface area contributed by atoms with E-state index in [2.05, 4.69) is 11.4 Å². The third kappa shape index (κ3) is 3.49. The Kier molecular flexibility index (Phi) is 5.02. The Morgan fingerprint density at radius 1 is 1.41 bits per heavy atom. The van der Waals surface area contributed by atoms with Gasteiger partial charge < -0.3 is 10.2 Å². The quantitative estimate of drug-likeness (QED) is 0.836. The summed E-state index contributed by atoms with van der Waals surface area (Å²) in [5, 5.41) is 11.8. The zero-order valence-corrected chi connectivity index (χ0v) is 10.2. The molecule has 0 aliphatic carbocycles. The molecule has 0 aliphatic rings. The molecule has 0 aromatic heterocycles. The topological polar surface area (TPSA) is 56.1 Å². The van der Waals surface area contributed by atoms with Crippen LogP contribution in [0.5, 0.6) is 0 Å². The van der Waals surface area contributed by atoms with Crippen LogP contribution in [0, 0.1) is 11.3 Å². The van der Waals surface area contributed by atoms with Gasteiger partial charge in [-0.3, -0.25) is 4.79 Å². The number of nitrogens with zero attached hydrogens (tertiary/aromatic N) is 2. The van der Waals surface area contributed by atoms with Gasteiger partial charge in [-0.15, -0.1) is 0 Å². The molecule has 0 fully saturated rings. The van der Waals surface area contributed by atoms with E-state index in [9.17, 15) is 4.79 Å². The third-order valence-electron chi connectivity index (χ3n) is 2.46. The molecule has 0 bridgehead atoms. The van der Waals surface area contributed by atoms with E-state index in [0.29, 0.717) is 18.7 Å². The van der Waals surface area contributed by atoms with Crippen LogP contribution in [0.3, 0.4) is 0 Å². The van der Waals surface area contributed by atoms with Gasteiger partial charge in [0.05, 0.1) is 17.8 Å². The first-order valence-electron chi connectivity index (χ1n) is 5.73. The van der Waals surface area contributed by atoms with Crippen LogP contribution in [0.15, 0.2) is 24.3 Å². The van der Waals surface area contributed by atoms with Crippen LogP contribution in [0.4, 0.5) is 5.69 Å². The lowest BCUT2D eigenvalue weighted by Crippen LogP contribution is -2.37. The van der Waals surface area contributed by atoms with Gasteiger partial charge >= 0.3 is 0 Å². The van der Waals surface area contributed by atoms with Crippen molar-refractivity contribution < 1.29 is 4.79 Å². The second kappa shape index (κ2) is 6.54. The average Bonchev–Trinajstić information content (AvgIpc) is 2.36. The van der Waals surface area contributed by atoms with Gasteiger partial charge in [0.15, 0.2) is 0 Å². The molecule has 4 nitrogen and oxygen atoms in total. The summed E-state index contributed by atoms with van der Waals surface area (Å²) >= 11 is 0. The van der Waals surface area contributed by atoms with Gasteiger partial charge in [0.1, 0.15) is 6.07 Å². The molecule has 0 saturated carbocycles. The number of rotatable bonds is 5. The molecule has 1 aromatic carbocycles. The molecule has 1 N–H and O–H groups in total. The number of amides is 1. The van der Waals surface area contributed by atoms with E-state index in [0.717, 1.165) is 5.69 Å². The molecule has 0 heterocycles. The van der Waals surface area contributed by atoms with Crippen molar-refractivity contribution in [2.24, 2.45) is 0 Å². The summed E-state index contributed by atoms with van der Waals surface area (Å²) in [6, 6.07) is 9.46. The maximum absolute atomic E-state index is 11.5. The molecule has 0 aliphatic heterocycles. The normalized spacial score (nSPS) is 9.47. The van der Waals surface area contributed by atoms with Crippen molar-refractivity contribution in [1.82, 2.24) is 5.32 Å². The molecule has 1 rings (SSSR count). The largest absolute Gasteiger partial charge is 0.361 e. The predicted molar refractivity (Wildman–Crippen MR) is 67.7 cm³/mol. The van der Waals surface area contributed by atoms with Crippen LogP contribution in [0.2, 0.25) is 0 Å². The lowest BCUT2D eigenvalue weighted by atomic mass is 10.1. The van der Waals surface area contributed by atoms with E-state index >= 15 is 0 Å². The van der Waals surface area contributed by atoms with Gasteiger partial charge in [0.2, 0.25) is 5.91 Å². The summed E-state index contributed by atoms with van der Waals surface area (Å²) in [7, 11) is 0. The van der Waals surface area contributed by atoms with E-state index < -0.39 is 0 Å². The lowest BCUT2D eigenvalue weighted by Gasteiger charge is -2.23. The van der Waals surface area contributed by atoms with Crippen molar-refractivity contribution in [3.63, 3.8) is 0 Å². The number of nitriles is 1. The van der Waals surface area contributed by atoms with Crippen molar-refractivity contribution in [1.29, 1.82) is 5.26 Å². The van der Waals surface area contributed by atoms with E-state index in [4.69, 9.17) is 5.26 Å². The number of benzene rings is 1. The Hall–Kier alpha value is -2.02. The molecule has 0 atom stereocenters. The monoisotopic (exact) mass is 231 g/mol. The Bertz CT molecular complexity index is 423. The van der Waals surface area contributed by atoms with Gasteiger partial charge in [0.25, 0.3) is 0 Å². The van der Waals surface area contributed by atoms with Crippen LogP contribution in [-0.2, 0) is 4.79 Å². The van der Waals surface area contributed by atoms with Gasteiger partial charge in [-0.2, -0.15) is 5.26 Å². The first-order valence-corrected chi connectivity index (χ1v) is 5.73. The second-order valence-corrected chi connectivity index (χ2v) is 3.60. The van der Waals surface area contributed by atoms with Crippen molar-refractivity contribution >= 4 is 11.6 Å². The summed E-state index contributed by atoms with van der Waals surface area (Å²) in [6.45, 7) is 5.44. The Labute approximate surface area is 102 Å². The van der Waals surface area contributed by atoms with E-state index in [1.807, 2.05) is 36.9 Å². The first kappa shape index (κ1) is 13.0. The number of anilines is 1. The standard InChI is InChI=1S/C13H17N3O/c1-3-15-13(17)10-16(4-2)12-8-6-5-7-11(12)9-14/h5-8H,3-4,10H2,1-2H3,(H,15,17). The van der Waals surface area contributed by atoms with E-state index in [-0.39, 0.29) is 12.5 Å². The summed E-state index contributed by atoms with van der Waals surface area (Å²) in [5.74, 6) is -0.0258. The summed E-state index contributed by atoms with van der Waals surface area (Å²) in [5.41, 5.74) is 1.41. The van der Waals surface area contributed by atoms with Crippen LogP contribution in [0.25, 0.3) is 0 Å². The summed E-state index contributed by atoms with van der Waals surface area (Å²) in [4.78, 5) is 13.4. The number of para-hydroxylation sites is 1. The maximum atomic E-state index is 11.5. The molecule has 0 saturated heterocycles. The Morgan fingerprint density at radius 3 is 2.71 bits per heavy atom. The fraction of sp³-hybridized carbons (Fsp3) is 0.385. The number of nitrogens with one attached hydrogen (secondary N) is 1. The molecule has 4 heteroatoms. The van der Waals surface area contributed by atoms with Crippen LogP contribution < -0.4 is 10.2 Å². The highest BCUT2D eigenvalue weighted by Crippen LogP contribution is 2.18. The lowest BCUT2D eigenvalue weighted by molar-refractivity contribution is -0.119. The van der Waals surface area contributed by atoms with Crippen LogP contribution in [0.1, 0.15) is 19.4 Å². The van der Waals surface area contributed by atoms with E-state index in [1.165, 1.54) is 0 Å². The molecule has 0 radical (unpaired) electrons. The van der Waals surface area contributed by atoms with Crippen molar-refractivity contribution in [2.75, 3.05) is 24.5 Å². The van der Waals surface area contributed by atoms with Gasteiger partial charge in [-0.25, -0.2) is 0 Å². The van der Waals surface area contributed by atoms with Crippen molar-refractivity contribution in [3.8, 4) is 6.07 Å². The minimum atomic E-state index is -0.0258. The number of carbonyl (C=O) groups is 1. The SMILES string of the molecule is CCNC(=O)CN(CC)c1ccccc1C#N. The highest BCUT2D eigenvalue weighted by molar-refractivity contribution is 5.81. The Balaban J connectivity index is 2.87. The van der Waals surface area contributed by atoms with Crippen LogP contribution in [-0.4, -0.2) is 25.5 Å². The molecule has 1 amide bonds. The second-order valence-electron chi connectivity index (χ2n) is 3.60. The van der Waals surface area contributed by atoms with Gasteiger partial charge in [0, 0.05) is 13.1 Å². The molecule has 0 unspecified atom stereocenters. The number of hydrogen-bond acceptors (Lipinski definition) is 3. The smallest absolute Gasteiger partial charge is 0.239 e. The molecular formula is C13H17N3O. The van der Waals surface area contributed by atoms with Crippen molar-refractivity contribution in [2.45, 2.75) is 13.8 Å². The minimum absolute atomic E-state index is 0.0258. The highest BCUT2D eigenvalue weighted by atomic mass is 16.2. The fourth-order valence-corrected chi connectivity index (χ4v) is 1.64. The maximum Gasteiger partial charge on any atom is 0.239 e. The predicted octanol–water partition coefficient (Wildman–Crippen LogP) is 1.52. The molecule has 90 valence electrons. The number of likely N-dealkylation sites (N-methyl/N-ethyl adjacent to an activating group) is 2.